The number of nitrogens with zero attached hydrogens (tertiary/aromatic N) is 2. The van der Waals surface area contributed by atoms with Crippen LogP contribution in [0.2, 0.25) is 0 Å². The number of nitrogens with one attached hydrogen (secondary N) is 1. The molecular formula is C17H19N3O3. The number of aliphatic hydroxyl groups excluding tert-OH is 2. The quantitative estimate of drug-likeness (QED) is 0.715. The maximum Gasteiger partial charge on any atom is 0.234 e. The van der Waals surface area contributed by atoms with Gasteiger partial charge in [0.25, 0.3) is 0 Å². The number of rotatable bonds is 6. The Labute approximate surface area is 134 Å². The Balaban J connectivity index is 2.02. The molecule has 0 unspecified atom stereocenters. The third-order valence-corrected chi connectivity index (χ3v) is 3.41. The standard InChI is InChI=1S/C17H19N3O3/c1-17(11-21,12-22)16(23)18-13-7-9-15(10-8-13)20-19-14-5-3-2-4-6-14/h2-10,21-22H,11-12H2,1H3,(H,18,23). The molecule has 0 bridgehead atoms. The van der Waals surface area contributed by atoms with Crippen molar-refractivity contribution >= 4 is 23.0 Å². The fourth-order valence-electron chi connectivity index (χ4n) is 1.70. The fourth-order valence-corrected chi connectivity index (χ4v) is 1.70. The van der Waals surface area contributed by atoms with E-state index in [0.29, 0.717) is 11.4 Å². The Morgan fingerprint density at radius 1 is 0.957 bits per heavy atom. The highest BCUT2D eigenvalue weighted by atomic mass is 16.3. The predicted octanol–water partition coefficient (Wildman–Crippen LogP) is 3.03. The largest absolute Gasteiger partial charge is 0.395 e. The molecule has 6 nitrogen and oxygen atoms in total. The highest BCUT2D eigenvalue weighted by Crippen LogP contribution is 2.22. The Bertz CT molecular complexity index is 665. The van der Waals surface area contributed by atoms with Crippen molar-refractivity contribution in [2.24, 2.45) is 15.6 Å². The van der Waals surface area contributed by atoms with Crippen LogP contribution in [-0.4, -0.2) is 29.3 Å². The van der Waals surface area contributed by atoms with Gasteiger partial charge in [0, 0.05) is 5.69 Å². The summed E-state index contributed by atoms with van der Waals surface area (Å²) < 4.78 is 0. The summed E-state index contributed by atoms with van der Waals surface area (Å²) in [6.45, 7) is 0.627. The van der Waals surface area contributed by atoms with Gasteiger partial charge in [0.15, 0.2) is 0 Å². The van der Waals surface area contributed by atoms with Crippen LogP contribution in [0.5, 0.6) is 0 Å². The zero-order valence-corrected chi connectivity index (χ0v) is 12.8. The third-order valence-electron chi connectivity index (χ3n) is 3.41. The molecule has 2 aromatic rings. The lowest BCUT2D eigenvalue weighted by Crippen LogP contribution is -2.39. The molecule has 0 spiro atoms. The molecule has 2 aromatic carbocycles. The van der Waals surface area contributed by atoms with Gasteiger partial charge >= 0.3 is 0 Å². The second kappa shape index (κ2) is 7.62. The minimum atomic E-state index is -1.22. The Hall–Kier alpha value is -2.57. The Morgan fingerprint density at radius 2 is 1.48 bits per heavy atom. The number of carbonyl (C=O) groups excluding carboxylic acids is 1. The molecule has 0 saturated carbocycles. The van der Waals surface area contributed by atoms with Crippen LogP contribution in [0.15, 0.2) is 64.8 Å². The molecule has 0 saturated heterocycles. The molecule has 6 heteroatoms. The van der Waals surface area contributed by atoms with E-state index >= 15 is 0 Å². The van der Waals surface area contributed by atoms with Gasteiger partial charge in [-0.25, -0.2) is 0 Å². The number of azo groups is 1. The van der Waals surface area contributed by atoms with Gasteiger partial charge in [-0.3, -0.25) is 4.79 Å². The summed E-state index contributed by atoms with van der Waals surface area (Å²) in [5.74, 6) is -0.443. The van der Waals surface area contributed by atoms with E-state index in [1.54, 1.807) is 24.3 Å². The number of benzene rings is 2. The summed E-state index contributed by atoms with van der Waals surface area (Å²) in [7, 11) is 0. The van der Waals surface area contributed by atoms with Crippen molar-refractivity contribution in [3.05, 3.63) is 54.6 Å². The van der Waals surface area contributed by atoms with Crippen molar-refractivity contribution < 1.29 is 15.0 Å². The Morgan fingerprint density at radius 3 is 2.00 bits per heavy atom. The molecular weight excluding hydrogens is 294 g/mol. The van der Waals surface area contributed by atoms with E-state index in [1.165, 1.54) is 6.92 Å². The number of hydrogen-bond acceptors (Lipinski definition) is 5. The lowest BCUT2D eigenvalue weighted by atomic mass is 9.92. The van der Waals surface area contributed by atoms with Gasteiger partial charge in [0.05, 0.1) is 30.0 Å². The maximum atomic E-state index is 12.0. The summed E-state index contributed by atoms with van der Waals surface area (Å²) in [5, 5.41) is 29.3. The predicted molar refractivity (Wildman–Crippen MR) is 88.0 cm³/mol. The van der Waals surface area contributed by atoms with Gasteiger partial charge in [0.2, 0.25) is 5.91 Å². The van der Waals surface area contributed by atoms with Crippen molar-refractivity contribution in [3.8, 4) is 0 Å². The van der Waals surface area contributed by atoms with Gasteiger partial charge < -0.3 is 15.5 Å². The lowest BCUT2D eigenvalue weighted by molar-refractivity contribution is -0.129. The average molecular weight is 313 g/mol. The van der Waals surface area contributed by atoms with Crippen LogP contribution in [0.1, 0.15) is 6.92 Å². The summed E-state index contributed by atoms with van der Waals surface area (Å²) in [4.78, 5) is 12.0. The van der Waals surface area contributed by atoms with Crippen LogP contribution in [0.4, 0.5) is 17.1 Å². The van der Waals surface area contributed by atoms with Crippen LogP contribution in [0.3, 0.4) is 0 Å². The summed E-state index contributed by atoms with van der Waals surface area (Å²) in [6, 6.07) is 16.2. The van der Waals surface area contributed by atoms with Crippen LogP contribution in [-0.2, 0) is 4.79 Å². The minimum Gasteiger partial charge on any atom is -0.395 e. The minimum absolute atomic E-state index is 0.432. The fraction of sp³-hybridized carbons (Fsp3) is 0.235. The van der Waals surface area contributed by atoms with Gasteiger partial charge in [-0.2, -0.15) is 10.2 Å². The first-order valence-electron chi connectivity index (χ1n) is 7.17. The second-order valence-corrected chi connectivity index (χ2v) is 5.41. The first-order chi connectivity index (χ1) is 11.1. The van der Waals surface area contributed by atoms with Gasteiger partial charge in [-0.15, -0.1) is 0 Å². The Kier molecular flexibility index (Phi) is 5.56. The summed E-state index contributed by atoms with van der Waals surface area (Å²) in [6.07, 6.45) is 0. The normalized spacial score (nSPS) is 11.6. The molecule has 120 valence electrons. The third kappa shape index (κ3) is 4.45. The van der Waals surface area contributed by atoms with E-state index in [9.17, 15) is 15.0 Å². The number of aliphatic hydroxyl groups is 2. The zero-order valence-electron chi connectivity index (χ0n) is 12.8. The SMILES string of the molecule is CC(CO)(CO)C(=O)Nc1ccc(N=Nc2ccccc2)cc1. The van der Waals surface area contributed by atoms with Crippen molar-refractivity contribution in [1.82, 2.24) is 0 Å². The van der Waals surface area contributed by atoms with Crippen LogP contribution in [0, 0.1) is 5.41 Å². The van der Waals surface area contributed by atoms with E-state index in [1.807, 2.05) is 30.3 Å². The molecule has 2 rings (SSSR count). The van der Waals surface area contributed by atoms with Crippen LogP contribution in [0.25, 0.3) is 0 Å². The first-order valence-corrected chi connectivity index (χ1v) is 7.17. The molecule has 0 atom stereocenters. The number of hydrogen-bond donors (Lipinski definition) is 3. The van der Waals surface area contributed by atoms with Gasteiger partial charge in [-0.05, 0) is 43.3 Å². The molecule has 0 fully saturated rings. The van der Waals surface area contributed by atoms with E-state index < -0.39 is 24.5 Å². The van der Waals surface area contributed by atoms with E-state index in [2.05, 4.69) is 15.5 Å². The summed E-state index contributed by atoms with van der Waals surface area (Å²) >= 11 is 0. The molecule has 1 amide bonds. The van der Waals surface area contributed by atoms with Crippen molar-refractivity contribution in [2.75, 3.05) is 18.5 Å². The lowest BCUT2D eigenvalue weighted by Gasteiger charge is -2.23. The smallest absolute Gasteiger partial charge is 0.234 e. The number of anilines is 1. The molecule has 0 radical (unpaired) electrons. The van der Waals surface area contributed by atoms with Gasteiger partial charge in [0.1, 0.15) is 0 Å². The maximum absolute atomic E-state index is 12.0. The zero-order chi connectivity index (χ0) is 16.7. The van der Waals surface area contributed by atoms with Crippen LogP contribution >= 0.6 is 0 Å². The average Bonchev–Trinajstić information content (AvgIpc) is 2.61. The molecule has 23 heavy (non-hydrogen) atoms. The molecule has 0 aromatic heterocycles. The van der Waals surface area contributed by atoms with Crippen molar-refractivity contribution in [3.63, 3.8) is 0 Å². The molecule has 0 aliphatic rings. The monoisotopic (exact) mass is 313 g/mol. The first kappa shape index (κ1) is 16.8. The highest BCUT2D eigenvalue weighted by Gasteiger charge is 2.31. The summed E-state index contributed by atoms with van der Waals surface area (Å²) in [5.41, 5.74) is 0.748. The van der Waals surface area contributed by atoms with Crippen molar-refractivity contribution in [1.29, 1.82) is 0 Å². The highest BCUT2D eigenvalue weighted by molar-refractivity contribution is 5.95. The van der Waals surface area contributed by atoms with Crippen LogP contribution < -0.4 is 5.32 Å². The number of amides is 1. The number of carbonyl (C=O) groups is 1. The molecule has 3 N–H and O–H groups in total. The second-order valence-electron chi connectivity index (χ2n) is 5.41. The topological polar surface area (TPSA) is 94.3 Å². The van der Waals surface area contributed by atoms with E-state index in [-0.39, 0.29) is 0 Å². The molecule has 0 aliphatic heterocycles. The van der Waals surface area contributed by atoms with Crippen molar-refractivity contribution in [2.45, 2.75) is 6.92 Å². The molecule has 0 heterocycles. The van der Waals surface area contributed by atoms with E-state index in [4.69, 9.17) is 0 Å². The molecule has 0 aliphatic carbocycles. The van der Waals surface area contributed by atoms with E-state index in [0.717, 1.165) is 5.69 Å². The van der Waals surface area contributed by atoms with Gasteiger partial charge in [-0.1, -0.05) is 18.2 Å².